The summed E-state index contributed by atoms with van der Waals surface area (Å²) >= 11 is 0.955. The summed E-state index contributed by atoms with van der Waals surface area (Å²) in [6.07, 6.45) is 3.67. The number of anilines is 2. The van der Waals surface area contributed by atoms with Crippen LogP contribution in [0.4, 0.5) is 19.7 Å². The number of pyridine rings is 1. The van der Waals surface area contributed by atoms with Crippen molar-refractivity contribution >= 4 is 43.3 Å². The minimum atomic E-state index is -0.606. The molecule has 2 N–H and O–H groups in total. The van der Waals surface area contributed by atoms with Gasteiger partial charge in [0, 0.05) is 47.7 Å². The smallest absolute Gasteiger partial charge is 0.226 e. The van der Waals surface area contributed by atoms with Gasteiger partial charge in [-0.1, -0.05) is 0 Å². The van der Waals surface area contributed by atoms with E-state index in [4.69, 9.17) is 10.5 Å². The number of nitrogens with zero attached hydrogens (tertiary/aromatic N) is 6. The number of nitrogen functional groups attached to an aromatic ring is 1. The Labute approximate surface area is 216 Å². The number of fused-ring (bicyclic) bond motifs is 4. The Morgan fingerprint density at radius 2 is 2.03 bits per heavy atom. The van der Waals surface area contributed by atoms with E-state index in [0.29, 0.717) is 29.0 Å². The van der Waals surface area contributed by atoms with E-state index in [9.17, 15) is 9.65 Å². The molecule has 2 aliphatic rings. The van der Waals surface area contributed by atoms with Crippen LogP contribution in [0.5, 0.6) is 0 Å². The maximum absolute atomic E-state index is 16.4. The van der Waals surface area contributed by atoms with Crippen molar-refractivity contribution in [2.45, 2.75) is 45.6 Å². The van der Waals surface area contributed by atoms with E-state index in [1.165, 1.54) is 0 Å². The van der Waals surface area contributed by atoms with E-state index in [1.807, 2.05) is 6.07 Å². The van der Waals surface area contributed by atoms with E-state index in [2.05, 4.69) is 45.6 Å². The number of ether oxygens (including phenoxy) is 1. The fourth-order valence-electron chi connectivity index (χ4n) is 5.37. The average Bonchev–Trinajstić information content (AvgIpc) is 3.63. The van der Waals surface area contributed by atoms with Crippen LogP contribution < -0.4 is 10.6 Å². The Bertz CT molecular complexity index is 1610. The molecule has 1 fully saturated rings. The lowest BCUT2D eigenvalue weighted by Gasteiger charge is -2.28. The average molecular weight is 522 g/mol. The molecule has 8 nitrogen and oxygen atoms in total. The summed E-state index contributed by atoms with van der Waals surface area (Å²) in [4.78, 5) is 17.9. The Morgan fingerprint density at radius 3 is 2.78 bits per heavy atom. The predicted molar refractivity (Wildman–Crippen MR) is 139 cm³/mol. The molecule has 0 saturated carbocycles. The van der Waals surface area contributed by atoms with Crippen molar-refractivity contribution in [2.24, 2.45) is 0 Å². The van der Waals surface area contributed by atoms with Gasteiger partial charge in [0.2, 0.25) is 5.95 Å². The molecule has 37 heavy (non-hydrogen) atoms. The normalized spacial score (nSPS) is 17.5. The molecule has 1 unspecified atom stereocenters. The van der Waals surface area contributed by atoms with Gasteiger partial charge in [0.25, 0.3) is 0 Å². The first kappa shape index (κ1) is 23.9. The molecule has 0 bridgehead atoms. The summed E-state index contributed by atoms with van der Waals surface area (Å²) in [5.74, 6) is -0.733. The quantitative estimate of drug-likeness (QED) is 0.416. The topological polar surface area (TPSA) is 104 Å². The van der Waals surface area contributed by atoms with Crippen molar-refractivity contribution in [3.8, 4) is 17.3 Å². The van der Waals surface area contributed by atoms with Crippen molar-refractivity contribution in [3.05, 3.63) is 40.7 Å². The van der Waals surface area contributed by atoms with Crippen LogP contribution in [0.3, 0.4) is 0 Å². The molecule has 3 aromatic heterocycles. The summed E-state index contributed by atoms with van der Waals surface area (Å²) in [6.45, 7) is 6.28. The third-order valence-electron chi connectivity index (χ3n) is 7.57. The van der Waals surface area contributed by atoms with Crippen molar-refractivity contribution in [1.82, 2.24) is 19.9 Å². The fraction of sp³-hybridized carbons (Fsp3) is 0.385. The van der Waals surface area contributed by atoms with E-state index in [-0.39, 0.29) is 50.6 Å². The molecule has 0 aliphatic carbocycles. The maximum Gasteiger partial charge on any atom is 0.226 e. The van der Waals surface area contributed by atoms with Crippen molar-refractivity contribution in [1.29, 1.82) is 5.26 Å². The van der Waals surface area contributed by atoms with Gasteiger partial charge in [-0.05, 0) is 38.4 Å². The second-order valence-electron chi connectivity index (χ2n) is 9.83. The van der Waals surface area contributed by atoms with Crippen molar-refractivity contribution in [3.63, 3.8) is 0 Å². The van der Waals surface area contributed by atoms with Crippen LogP contribution in [0, 0.1) is 23.0 Å². The highest BCUT2D eigenvalue weighted by molar-refractivity contribution is 7.23. The minimum absolute atomic E-state index is 0.0925. The van der Waals surface area contributed by atoms with Crippen LogP contribution in [0.2, 0.25) is 0 Å². The molecule has 5 heterocycles. The number of hydrogen-bond donors (Lipinski definition) is 1. The lowest BCUT2D eigenvalue weighted by molar-refractivity contribution is 0.135. The monoisotopic (exact) mass is 521 g/mol. The molecule has 2 aliphatic heterocycles. The molecule has 11 heteroatoms. The standard InChI is InChI=1S/C26H25F2N7OS/c1-12(2)34(3)13-4-5-35(9-13)26-32-7-15-16-10-36-11-17(16)19(21(28)22(15)33-26)23-20-14(6-29)25(30)37-24(20)18(27)8-31-23/h7-8,12-13H,4-5,9-11,30H2,1-3H3. The van der Waals surface area contributed by atoms with Crippen molar-refractivity contribution < 1.29 is 13.5 Å². The summed E-state index contributed by atoms with van der Waals surface area (Å²) in [6, 6.07) is 2.81. The van der Waals surface area contributed by atoms with Crippen molar-refractivity contribution in [2.75, 3.05) is 30.8 Å². The highest BCUT2D eigenvalue weighted by Gasteiger charge is 2.32. The second kappa shape index (κ2) is 8.83. The zero-order chi connectivity index (χ0) is 26.0. The first-order valence-corrected chi connectivity index (χ1v) is 12.9. The highest BCUT2D eigenvalue weighted by Crippen LogP contribution is 2.45. The van der Waals surface area contributed by atoms with Gasteiger partial charge in [-0.25, -0.2) is 18.7 Å². The van der Waals surface area contributed by atoms with E-state index in [1.54, 1.807) is 6.20 Å². The van der Waals surface area contributed by atoms with Crippen LogP contribution in [-0.4, -0.2) is 52.1 Å². The van der Waals surface area contributed by atoms with E-state index < -0.39 is 11.6 Å². The van der Waals surface area contributed by atoms with Crippen LogP contribution in [0.15, 0.2) is 12.4 Å². The molecule has 0 spiro atoms. The molecular weight excluding hydrogens is 496 g/mol. The molecule has 1 aromatic carbocycles. The minimum Gasteiger partial charge on any atom is -0.389 e. The summed E-state index contributed by atoms with van der Waals surface area (Å²) in [5, 5.41) is 10.7. The zero-order valence-electron chi connectivity index (χ0n) is 20.7. The Hall–Kier alpha value is -3.46. The molecular formula is C26H25F2N7OS. The molecule has 0 radical (unpaired) electrons. The Balaban J connectivity index is 1.54. The van der Waals surface area contributed by atoms with Gasteiger partial charge in [0.1, 0.15) is 16.6 Å². The third kappa shape index (κ3) is 3.62. The van der Waals surface area contributed by atoms with Gasteiger partial charge in [-0.3, -0.25) is 9.88 Å². The van der Waals surface area contributed by atoms with Gasteiger partial charge < -0.3 is 15.4 Å². The number of benzene rings is 1. The first-order chi connectivity index (χ1) is 17.8. The van der Waals surface area contributed by atoms with E-state index in [0.717, 1.165) is 42.6 Å². The SMILES string of the molecule is CC(C)N(C)C1CCN(c2ncc3c4c(c(-c5ncc(F)c6sc(N)c(C#N)c56)c(F)c3n2)COC4)C1. The van der Waals surface area contributed by atoms with Gasteiger partial charge >= 0.3 is 0 Å². The number of aromatic nitrogens is 3. The fourth-order valence-corrected chi connectivity index (χ4v) is 6.29. The number of halogens is 2. The number of nitriles is 1. The molecule has 0 amide bonds. The van der Waals surface area contributed by atoms with Crippen LogP contribution in [-0.2, 0) is 18.0 Å². The number of thiophene rings is 1. The first-order valence-electron chi connectivity index (χ1n) is 12.1. The van der Waals surface area contributed by atoms with Gasteiger partial charge in [0.15, 0.2) is 11.6 Å². The lowest BCUT2D eigenvalue weighted by atomic mass is 9.94. The lowest BCUT2D eigenvalue weighted by Crippen LogP contribution is -2.39. The molecule has 6 rings (SSSR count). The number of rotatable bonds is 4. The Kier molecular flexibility index (Phi) is 5.71. The van der Waals surface area contributed by atoms with Gasteiger partial charge in [-0.15, -0.1) is 11.3 Å². The summed E-state index contributed by atoms with van der Waals surface area (Å²) in [7, 11) is 2.11. The number of likely N-dealkylation sites (N-methyl/N-ethyl adjacent to an activating group) is 1. The zero-order valence-corrected chi connectivity index (χ0v) is 21.5. The number of hydrogen-bond acceptors (Lipinski definition) is 9. The Morgan fingerprint density at radius 1 is 1.24 bits per heavy atom. The second-order valence-corrected chi connectivity index (χ2v) is 10.9. The van der Waals surface area contributed by atoms with Gasteiger partial charge in [-0.2, -0.15) is 5.26 Å². The van der Waals surface area contributed by atoms with Gasteiger partial charge in [0.05, 0.1) is 35.4 Å². The molecule has 1 atom stereocenters. The van der Waals surface area contributed by atoms with Crippen LogP contribution >= 0.6 is 11.3 Å². The summed E-state index contributed by atoms with van der Waals surface area (Å²) < 4.78 is 37.0. The maximum atomic E-state index is 16.4. The molecule has 4 aromatic rings. The summed E-state index contributed by atoms with van der Waals surface area (Å²) in [5.41, 5.74) is 7.99. The molecule has 1 saturated heterocycles. The highest BCUT2D eigenvalue weighted by atomic mass is 32.1. The predicted octanol–water partition coefficient (Wildman–Crippen LogP) is 4.59. The van der Waals surface area contributed by atoms with Crippen LogP contribution in [0.25, 0.3) is 32.2 Å². The molecule has 190 valence electrons. The number of nitrogens with two attached hydrogens (primary N) is 1. The third-order valence-corrected chi connectivity index (χ3v) is 8.60. The van der Waals surface area contributed by atoms with E-state index >= 15 is 4.39 Å². The van der Waals surface area contributed by atoms with Crippen LogP contribution in [0.1, 0.15) is 37.0 Å². The largest absolute Gasteiger partial charge is 0.389 e.